The van der Waals surface area contributed by atoms with Gasteiger partial charge in [0.2, 0.25) is 0 Å². The van der Waals surface area contributed by atoms with E-state index < -0.39 is 47.1 Å². The van der Waals surface area contributed by atoms with Crippen molar-refractivity contribution in [3.05, 3.63) is 0 Å². The molecule has 12 heteroatoms. The van der Waals surface area contributed by atoms with Gasteiger partial charge in [0.15, 0.2) is 0 Å². The molecular formula is C11H19N3O7S2. The van der Waals surface area contributed by atoms with E-state index in [4.69, 9.17) is 32.5 Å². The van der Waals surface area contributed by atoms with E-state index in [9.17, 15) is 19.2 Å². The molecule has 0 aromatic rings. The summed E-state index contributed by atoms with van der Waals surface area (Å²) in [5, 5.41) is 25.1. The van der Waals surface area contributed by atoms with Crippen LogP contribution >= 0.6 is 21.6 Å². The summed E-state index contributed by atoms with van der Waals surface area (Å²) >= 11 is 0. The van der Waals surface area contributed by atoms with Gasteiger partial charge in [-0.2, -0.15) is 0 Å². The molecule has 4 atom stereocenters. The van der Waals surface area contributed by atoms with E-state index in [1.807, 2.05) is 0 Å². The number of carbonyl (C=O) groups excluding carboxylic acids is 1. The Hall–Kier alpha value is -1.34. The first-order valence-electron chi connectivity index (χ1n) is 6.34. The minimum Gasteiger partial charge on any atom is -0.480 e. The monoisotopic (exact) mass is 369 g/mol. The van der Waals surface area contributed by atoms with E-state index in [0.717, 1.165) is 21.6 Å². The van der Waals surface area contributed by atoms with E-state index in [0.29, 0.717) is 0 Å². The lowest BCUT2D eigenvalue weighted by atomic mass is 10.0. The van der Waals surface area contributed by atoms with Gasteiger partial charge in [0, 0.05) is 12.2 Å². The van der Waals surface area contributed by atoms with Crippen LogP contribution in [0.4, 0.5) is 0 Å². The second-order valence-corrected chi connectivity index (χ2v) is 7.11. The van der Waals surface area contributed by atoms with Gasteiger partial charge in [-0.15, -0.1) is 0 Å². The van der Waals surface area contributed by atoms with Crippen molar-refractivity contribution in [3.8, 4) is 0 Å². The highest BCUT2D eigenvalue weighted by molar-refractivity contribution is 8.77. The molecule has 0 radical (unpaired) electrons. The van der Waals surface area contributed by atoms with E-state index in [1.165, 1.54) is 0 Å². The highest BCUT2D eigenvalue weighted by atomic mass is 33.1. The summed E-state index contributed by atoms with van der Waals surface area (Å²) in [5.74, 6) is -4.52. The predicted molar refractivity (Wildman–Crippen MR) is 84.9 cm³/mol. The van der Waals surface area contributed by atoms with Crippen LogP contribution in [0.25, 0.3) is 0 Å². The predicted octanol–water partition coefficient (Wildman–Crippen LogP) is -1.68. The van der Waals surface area contributed by atoms with Crippen LogP contribution in [0.5, 0.6) is 0 Å². The zero-order valence-electron chi connectivity index (χ0n) is 12.0. The molecule has 0 amide bonds. The van der Waals surface area contributed by atoms with Gasteiger partial charge >= 0.3 is 17.9 Å². The number of ketones is 1. The first-order chi connectivity index (χ1) is 10.6. The molecule has 0 heterocycles. The fourth-order valence-corrected chi connectivity index (χ4v) is 4.04. The number of carboxylic acids is 3. The Morgan fingerprint density at radius 2 is 1.39 bits per heavy atom. The second-order valence-electron chi connectivity index (χ2n) is 4.56. The number of rotatable bonds is 12. The zero-order valence-corrected chi connectivity index (χ0v) is 13.6. The Labute approximate surface area is 139 Å². The lowest BCUT2D eigenvalue weighted by molar-refractivity contribution is -0.140. The van der Waals surface area contributed by atoms with E-state index >= 15 is 0 Å². The number of aliphatic carboxylic acids is 3. The van der Waals surface area contributed by atoms with Crippen LogP contribution in [0.3, 0.4) is 0 Å². The minimum absolute atomic E-state index is 0.0508. The van der Waals surface area contributed by atoms with Crippen molar-refractivity contribution in [2.45, 2.75) is 36.2 Å². The van der Waals surface area contributed by atoms with Crippen molar-refractivity contribution in [1.29, 1.82) is 0 Å². The van der Waals surface area contributed by atoms with Crippen molar-refractivity contribution in [3.63, 3.8) is 0 Å². The fourth-order valence-electron chi connectivity index (χ4n) is 1.26. The number of carbonyl (C=O) groups is 4. The molecule has 4 unspecified atom stereocenters. The molecule has 0 saturated heterocycles. The Morgan fingerprint density at radius 3 is 1.83 bits per heavy atom. The quantitative estimate of drug-likeness (QED) is 0.213. The second kappa shape index (κ2) is 10.4. The summed E-state index contributed by atoms with van der Waals surface area (Å²) in [6.07, 6.45) is -0.408. The van der Waals surface area contributed by atoms with E-state index in [-0.39, 0.29) is 18.6 Å². The lowest BCUT2D eigenvalue weighted by Gasteiger charge is -2.19. The van der Waals surface area contributed by atoms with Gasteiger partial charge < -0.3 is 32.5 Å². The van der Waals surface area contributed by atoms with Crippen LogP contribution < -0.4 is 17.2 Å². The third kappa shape index (κ3) is 8.18. The summed E-state index contributed by atoms with van der Waals surface area (Å²) in [5.41, 5.74) is 16.0. The minimum atomic E-state index is -1.51. The van der Waals surface area contributed by atoms with Crippen molar-refractivity contribution in [2.75, 3.05) is 5.75 Å². The Balaban J connectivity index is 4.68. The molecule has 0 aliphatic heterocycles. The van der Waals surface area contributed by atoms with Crippen LogP contribution in [0.15, 0.2) is 0 Å². The number of nitrogens with two attached hydrogens (primary N) is 3. The molecule has 0 aliphatic carbocycles. The molecule has 10 nitrogen and oxygen atoms in total. The lowest BCUT2D eigenvalue weighted by Crippen LogP contribution is -2.44. The number of carboxylic acid groups (broad SMARTS) is 3. The smallest absolute Gasteiger partial charge is 0.322 e. The summed E-state index contributed by atoms with van der Waals surface area (Å²) < 4.78 is 0. The van der Waals surface area contributed by atoms with Crippen LogP contribution in [0.2, 0.25) is 0 Å². The van der Waals surface area contributed by atoms with Crippen LogP contribution in [-0.2, 0) is 19.2 Å². The van der Waals surface area contributed by atoms with Gasteiger partial charge in [-0.25, -0.2) is 0 Å². The first-order valence-corrected chi connectivity index (χ1v) is 8.72. The molecule has 0 aromatic heterocycles. The summed E-state index contributed by atoms with van der Waals surface area (Å²) in [7, 11) is 1.71. The molecule has 9 N–H and O–H groups in total. The highest BCUT2D eigenvalue weighted by Gasteiger charge is 2.32. The summed E-state index contributed by atoms with van der Waals surface area (Å²) in [4.78, 5) is 44.2. The first kappa shape index (κ1) is 21.7. The standard InChI is InChI=1S/C11H19N3O7S2/c12-4(9(16)17)1-2-6(15)8(7(14)11(20)21)23-22-3-5(13)10(18)19/h4-5,7-8H,1-3,12-14H2,(H,16,17)(H,18,19)(H,20,21). The van der Waals surface area contributed by atoms with Crippen molar-refractivity contribution in [2.24, 2.45) is 17.2 Å². The molecular weight excluding hydrogens is 350 g/mol. The topological polar surface area (TPSA) is 207 Å². The maximum atomic E-state index is 12.1. The van der Waals surface area contributed by atoms with Crippen molar-refractivity contribution in [1.82, 2.24) is 0 Å². The maximum absolute atomic E-state index is 12.1. The van der Waals surface area contributed by atoms with Gasteiger partial charge in [0.1, 0.15) is 23.9 Å². The molecule has 132 valence electrons. The summed E-state index contributed by atoms with van der Waals surface area (Å²) in [6, 6.07) is -3.91. The number of Topliss-reactive ketones (excluding diaryl/α,β-unsaturated/α-hetero) is 1. The van der Waals surface area contributed by atoms with Crippen LogP contribution in [-0.4, -0.2) is 68.1 Å². The van der Waals surface area contributed by atoms with E-state index in [2.05, 4.69) is 0 Å². The third-order valence-corrected chi connectivity index (χ3v) is 5.52. The maximum Gasteiger partial charge on any atom is 0.322 e. The normalized spacial score (nSPS) is 16.1. The average Bonchev–Trinajstić information content (AvgIpc) is 2.47. The highest BCUT2D eigenvalue weighted by Crippen LogP contribution is 2.30. The summed E-state index contributed by atoms with van der Waals surface area (Å²) in [6.45, 7) is 0. The molecule has 23 heavy (non-hydrogen) atoms. The van der Waals surface area contributed by atoms with Gasteiger partial charge in [-0.05, 0) is 6.42 Å². The molecule has 0 aromatic carbocycles. The number of hydrogen-bond acceptors (Lipinski definition) is 9. The van der Waals surface area contributed by atoms with Gasteiger partial charge in [0.05, 0.1) is 5.25 Å². The fraction of sp³-hybridized carbons (Fsp3) is 0.636. The molecule has 0 fully saturated rings. The molecule has 0 bridgehead atoms. The SMILES string of the molecule is NC(CCC(=O)C(SSCC(N)C(=O)O)C(N)C(=O)O)C(=O)O. The average molecular weight is 369 g/mol. The Morgan fingerprint density at radius 1 is 0.870 bits per heavy atom. The van der Waals surface area contributed by atoms with Gasteiger partial charge in [-0.1, -0.05) is 21.6 Å². The van der Waals surface area contributed by atoms with Crippen molar-refractivity contribution >= 4 is 45.3 Å². The van der Waals surface area contributed by atoms with Gasteiger partial charge in [-0.3, -0.25) is 19.2 Å². The molecule has 0 saturated carbocycles. The molecule has 0 aliphatic rings. The van der Waals surface area contributed by atoms with Crippen LogP contribution in [0, 0.1) is 0 Å². The van der Waals surface area contributed by atoms with Gasteiger partial charge in [0.25, 0.3) is 0 Å². The zero-order chi connectivity index (χ0) is 18.2. The Bertz CT molecular complexity index is 463. The molecule has 0 rings (SSSR count). The van der Waals surface area contributed by atoms with Crippen LogP contribution in [0.1, 0.15) is 12.8 Å². The molecule has 0 spiro atoms. The third-order valence-electron chi connectivity index (χ3n) is 2.68. The number of hydrogen-bond donors (Lipinski definition) is 6. The van der Waals surface area contributed by atoms with Crippen molar-refractivity contribution < 1.29 is 34.5 Å². The largest absolute Gasteiger partial charge is 0.480 e. The Kier molecular flexibility index (Phi) is 9.83. The van der Waals surface area contributed by atoms with E-state index in [1.54, 1.807) is 0 Å².